The molecule has 0 saturated carbocycles. The van der Waals surface area contributed by atoms with Gasteiger partial charge in [-0.2, -0.15) is 5.10 Å². The third-order valence-corrected chi connectivity index (χ3v) is 3.44. The molecule has 1 amide bonds. The van der Waals surface area contributed by atoms with Crippen LogP contribution in [0.4, 0.5) is 0 Å². The van der Waals surface area contributed by atoms with Crippen molar-refractivity contribution in [1.29, 1.82) is 0 Å². The van der Waals surface area contributed by atoms with Crippen LogP contribution >= 0.6 is 22.6 Å². The minimum atomic E-state index is -0.522. The van der Waals surface area contributed by atoms with Crippen LogP contribution in [0.15, 0.2) is 41.5 Å². The summed E-state index contributed by atoms with van der Waals surface area (Å²) < 4.78 is 0.955. The van der Waals surface area contributed by atoms with Crippen LogP contribution in [0.1, 0.15) is 21.5 Å². The van der Waals surface area contributed by atoms with Crippen LogP contribution < -0.4 is 5.43 Å². The van der Waals surface area contributed by atoms with E-state index in [-0.39, 0.29) is 17.1 Å². The lowest BCUT2D eigenvalue weighted by Gasteiger charge is -2.04. The van der Waals surface area contributed by atoms with Crippen LogP contribution in [0, 0.1) is 10.5 Å². The van der Waals surface area contributed by atoms with Crippen LogP contribution in [-0.4, -0.2) is 22.3 Å². The maximum atomic E-state index is 11.8. The molecule has 21 heavy (non-hydrogen) atoms. The zero-order chi connectivity index (χ0) is 15.4. The zero-order valence-corrected chi connectivity index (χ0v) is 13.3. The highest BCUT2D eigenvalue weighted by atomic mass is 127. The Bertz CT molecular complexity index is 714. The molecule has 2 aromatic carbocycles. The molecule has 6 heteroatoms. The Kier molecular flexibility index (Phi) is 4.79. The highest BCUT2D eigenvalue weighted by Gasteiger charge is 2.09. The molecule has 2 rings (SSSR count). The fourth-order valence-corrected chi connectivity index (χ4v) is 2.55. The monoisotopic (exact) mass is 396 g/mol. The van der Waals surface area contributed by atoms with Crippen LogP contribution in [0.2, 0.25) is 0 Å². The zero-order valence-electron chi connectivity index (χ0n) is 11.2. The van der Waals surface area contributed by atoms with Crippen molar-refractivity contribution in [2.24, 2.45) is 5.10 Å². The van der Waals surface area contributed by atoms with Gasteiger partial charge in [0.25, 0.3) is 5.91 Å². The summed E-state index contributed by atoms with van der Waals surface area (Å²) in [7, 11) is 0. The molecule has 0 atom stereocenters. The normalized spacial score (nSPS) is 10.8. The Balaban J connectivity index is 2.13. The SMILES string of the molecule is Cc1cc(I)cc(C=NNC(=O)c2ccccc2O)c1O. The summed E-state index contributed by atoms with van der Waals surface area (Å²) in [5.41, 5.74) is 3.69. The number of aryl methyl sites for hydroxylation is 1. The number of phenolic OH excluding ortho intramolecular Hbond substituents is 2. The summed E-state index contributed by atoms with van der Waals surface area (Å²) >= 11 is 2.13. The number of benzene rings is 2. The molecule has 2 aromatic rings. The molecule has 108 valence electrons. The molecule has 0 heterocycles. The summed E-state index contributed by atoms with van der Waals surface area (Å²) in [6.07, 6.45) is 1.36. The van der Waals surface area contributed by atoms with Crippen molar-refractivity contribution in [1.82, 2.24) is 5.43 Å². The van der Waals surface area contributed by atoms with E-state index in [1.165, 1.54) is 18.3 Å². The molecule has 0 aromatic heterocycles. The molecule has 0 fully saturated rings. The summed E-state index contributed by atoms with van der Waals surface area (Å²) in [6.45, 7) is 1.79. The van der Waals surface area contributed by atoms with Crippen molar-refractivity contribution in [3.8, 4) is 11.5 Å². The maximum Gasteiger partial charge on any atom is 0.275 e. The predicted molar refractivity (Wildman–Crippen MR) is 88.7 cm³/mol. The number of carbonyl (C=O) groups excluding carboxylic acids is 1. The molecule has 0 aliphatic heterocycles. The van der Waals surface area contributed by atoms with E-state index in [1.54, 1.807) is 25.1 Å². The molecule has 0 radical (unpaired) electrons. The lowest BCUT2D eigenvalue weighted by atomic mass is 10.1. The fraction of sp³-hybridized carbons (Fsp3) is 0.0667. The second kappa shape index (κ2) is 6.57. The van der Waals surface area contributed by atoms with E-state index < -0.39 is 5.91 Å². The Hall–Kier alpha value is -2.09. The fourth-order valence-electron chi connectivity index (χ4n) is 1.75. The third kappa shape index (κ3) is 3.72. The summed E-state index contributed by atoms with van der Waals surface area (Å²) in [5, 5.41) is 23.3. The van der Waals surface area contributed by atoms with E-state index in [9.17, 15) is 15.0 Å². The van der Waals surface area contributed by atoms with Crippen molar-refractivity contribution < 1.29 is 15.0 Å². The molecule has 0 bridgehead atoms. The van der Waals surface area contributed by atoms with Crippen LogP contribution in [-0.2, 0) is 0 Å². The Morgan fingerprint density at radius 1 is 1.29 bits per heavy atom. The number of para-hydroxylation sites is 1. The highest BCUT2D eigenvalue weighted by molar-refractivity contribution is 14.1. The number of hydrogen-bond acceptors (Lipinski definition) is 4. The van der Waals surface area contributed by atoms with Gasteiger partial charge in [-0.25, -0.2) is 5.43 Å². The van der Waals surface area contributed by atoms with E-state index in [4.69, 9.17) is 0 Å². The van der Waals surface area contributed by atoms with Crippen LogP contribution in [0.5, 0.6) is 11.5 Å². The molecule has 5 nitrogen and oxygen atoms in total. The first kappa shape index (κ1) is 15.3. The number of nitrogens with one attached hydrogen (secondary N) is 1. The third-order valence-electron chi connectivity index (χ3n) is 2.81. The van der Waals surface area contributed by atoms with Crippen molar-refractivity contribution >= 4 is 34.7 Å². The number of rotatable bonds is 3. The van der Waals surface area contributed by atoms with Gasteiger partial charge in [0, 0.05) is 9.13 Å². The van der Waals surface area contributed by atoms with Gasteiger partial charge < -0.3 is 10.2 Å². The lowest BCUT2D eigenvalue weighted by molar-refractivity contribution is 0.0952. The van der Waals surface area contributed by atoms with Gasteiger partial charge in [0.15, 0.2) is 0 Å². The number of halogens is 1. The number of carbonyl (C=O) groups is 1. The number of amides is 1. The average molecular weight is 396 g/mol. The first-order valence-electron chi connectivity index (χ1n) is 6.09. The molecule has 0 saturated heterocycles. The van der Waals surface area contributed by atoms with Gasteiger partial charge in [0.1, 0.15) is 11.5 Å². The Morgan fingerprint density at radius 2 is 2.00 bits per heavy atom. The summed E-state index contributed by atoms with van der Waals surface area (Å²) in [4.78, 5) is 11.8. The molecular formula is C15H13IN2O3. The maximum absolute atomic E-state index is 11.8. The number of hydrogen-bond donors (Lipinski definition) is 3. The van der Waals surface area contributed by atoms with Gasteiger partial charge in [0.2, 0.25) is 0 Å². The number of nitrogens with zero attached hydrogens (tertiary/aromatic N) is 1. The van der Waals surface area contributed by atoms with Crippen LogP contribution in [0.25, 0.3) is 0 Å². The van der Waals surface area contributed by atoms with Gasteiger partial charge in [-0.1, -0.05) is 12.1 Å². The van der Waals surface area contributed by atoms with Gasteiger partial charge in [-0.15, -0.1) is 0 Å². The number of hydrazone groups is 1. The van der Waals surface area contributed by atoms with Crippen molar-refractivity contribution in [2.45, 2.75) is 6.92 Å². The molecule has 0 unspecified atom stereocenters. The lowest BCUT2D eigenvalue weighted by Crippen LogP contribution is -2.17. The van der Waals surface area contributed by atoms with Crippen molar-refractivity contribution in [3.63, 3.8) is 0 Å². The first-order chi connectivity index (χ1) is 9.99. The average Bonchev–Trinajstić information content (AvgIpc) is 2.44. The molecule has 3 N–H and O–H groups in total. The predicted octanol–water partition coefficient (Wildman–Crippen LogP) is 2.77. The molecule has 0 aliphatic rings. The van der Waals surface area contributed by atoms with Crippen molar-refractivity contribution in [3.05, 3.63) is 56.7 Å². The molecule has 0 spiro atoms. The Morgan fingerprint density at radius 3 is 2.71 bits per heavy atom. The van der Waals surface area contributed by atoms with E-state index in [1.807, 2.05) is 6.07 Å². The second-order valence-electron chi connectivity index (χ2n) is 4.38. The van der Waals surface area contributed by atoms with Gasteiger partial charge in [-0.3, -0.25) is 4.79 Å². The summed E-state index contributed by atoms with van der Waals surface area (Å²) in [6, 6.07) is 9.78. The smallest absolute Gasteiger partial charge is 0.275 e. The summed E-state index contributed by atoms with van der Waals surface area (Å²) in [5.74, 6) is -0.514. The molecule has 0 aliphatic carbocycles. The van der Waals surface area contributed by atoms with E-state index >= 15 is 0 Å². The Labute approximate surface area is 135 Å². The minimum Gasteiger partial charge on any atom is -0.507 e. The van der Waals surface area contributed by atoms with E-state index in [2.05, 4.69) is 33.1 Å². The standard InChI is InChI=1S/C15H13IN2O3/c1-9-6-11(16)7-10(14(9)20)8-17-18-15(21)12-4-2-3-5-13(12)19/h2-8,19-20H,1H3,(H,18,21). The quantitative estimate of drug-likeness (QED) is 0.424. The first-order valence-corrected chi connectivity index (χ1v) is 7.17. The topological polar surface area (TPSA) is 81.9 Å². The van der Waals surface area contributed by atoms with Gasteiger partial charge >= 0.3 is 0 Å². The minimum absolute atomic E-state index is 0.113. The van der Waals surface area contributed by atoms with Gasteiger partial charge in [0.05, 0.1) is 11.8 Å². The van der Waals surface area contributed by atoms with Gasteiger partial charge in [-0.05, 0) is 59.3 Å². The van der Waals surface area contributed by atoms with Crippen LogP contribution in [0.3, 0.4) is 0 Å². The highest BCUT2D eigenvalue weighted by Crippen LogP contribution is 2.23. The number of phenols is 2. The van der Waals surface area contributed by atoms with E-state index in [0.717, 1.165) is 9.13 Å². The second-order valence-corrected chi connectivity index (χ2v) is 5.62. The largest absolute Gasteiger partial charge is 0.507 e. The van der Waals surface area contributed by atoms with Crippen molar-refractivity contribution in [2.75, 3.05) is 0 Å². The molecular weight excluding hydrogens is 383 g/mol. The van der Waals surface area contributed by atoms with E-state index in [0.29, 0.717) is 5.56 Å². The number of aromatic hydroxyl groups is 2.